The molecule has 3 unspecified atom stereocenters. The Morgan fingerprint density at radius 1 is 1.43 bits per heavy atom. The fourth-order valence-electron chi connectivity index (χ4n) is 2.43. The molecule has 2 N–H and O–H groups in total. The predicted octanol–water partition coefficient (Wildman–Crippen LogP) is 2.23. The molecular weight excluding hydrogens is 290 g/mol. The van der Waals surface area contributed by atoms with E-state index in [1.54, 1.807) is 0 Å². The minimum Gasteiger partial charge on any atom is -0.389 e. The lowest BCUT2D eigenvalue weighted by molar-refractivity contribution is 0.0279. The molecular formula is C16H24ClNO3. The molecule has 21 heavy (non-hydrogen) atoms. The molecule has 4 nitrogen and oxygen atoms in total. The van der Waals surface area contributed by atoms with Gasteiger partial charge < -0.3 is 19.9 Å². The van der Waals surface area contributed by atoms with Crippen molar-refractivity contribution in [2.45, 2.75) is 32.2 Å². The summed E-state index contributed by atoms with van der Waals surface area (Å²) >= 11 is 5.82. The standard InChI is InChI=1S/C16H24ClNO3/c1-12-14(6-7-21-12)8-18-9-16(19)11-20-10-13-2-4-15(17)5-3-13/h2-5,12,14,16,18-19H,6-11H2,1H3. The van der Waals surface area contributed by atoms with Gasteiger partial charge in [0.1, 0.15) is 0 Å². The summed E-state index contributed by atoms with van der Waals surface area (Å²) in [5.74, 6) is 0.548. The summed E-state index contributed by atoms with van der Waals surface area (Å²) < 4.78 is 11.0. The van der Waals surface area contributed by atoms with Crippen LogP contribution in [0.15, 0.2) is 24.3 Å². The van der Waals surface area contributed by atoms with Gasteiger partial charge in [0.15, 0.2) is 0 Å². The molecule has 0 bridgehead atoms. The minimum absolute atomic E-state index is 0.316. The molecule has 1 aliphatic heterocycles. The average molecular weight is 314 g/mol. The summed E-state index contributed by atoms with van der Waals surface area (Å²) in [4.78, 5) is 0. The van der Waals surface area contributed by atoms with E-state index in [9.17, 15) is 5.11 Å². The highest BCUT2D eigenvalue weighted by Gasteiger charge is 2.23. The first kappa shape index (κ1) is 16.7. The summed E-state index contributed by atoms with van der Waals surface area (Å²) in [7, 11) is 0. The Kier molecular flexibility index (Phi) is 6.93. The molecule has 118 valence electrons. The van der Waals surface area contributed by atoms with Gasteiger partial charge in [0.05, 0.1) is 25.4 Å². The number of aliphatic hydroxyl groups is 1. The SMILES string of the molecule is CC1OCCC1CNCC(O)COCc1ccc(Cl)cc1. The molecule has 0 aromatic heterocycles. The van der Waals surface area contributed by atoms with Crippen molar-refractivity contribution >= 4 is 11.6 Å². The van der Waals surface area contributed by atoms with Crippen molar-refractivity contribution in [3.05, 3.63) is 34.9 Å². The van der Waals surface area contributed by atoms with Gasteiger partial charge in [-0.1, -0.05) is 23.7 Å². The van der Waals surface area contributed by atoms with Crippen LogP contribution in [0, 0.1) is 5.92 Å². The molecule has 1 saturated heterocycles. The number of halogens is 1. The van der Waals surface area contributed by atoms with Crippen molar-refractivity contribution in [3.63, 3.8) is 0 Å². The van der Waals surface area contributed by atoms with Crippen LogP contribution in [0.25, 0.3) is 0 Å². The van der Waals surface area contributed by atoms with Crippen molar-refractivity contribution in [1.82, 2.24) is 5.32 Å². The van der Waals surface area contributed by atoms with Gasteiger partial charge in [-0.15, -0.1) is 0 Å². The van der Waals surface area contributed by atoms with E-state index in [0.29, 0.717) is 36.8 Å². The number of benzene rings is 1. The maximum Gasteiger partial charge on any atom is 0.0897 e. The van der Waals surface area contributed by atoms with Crippen molar-refractivity contribution in [2.24, 2.45) is 5.92 Å². The lowest BCUT2D eigenvalue weighted by Gasteiger charge is -2.17. The third-order valence-corrected chi connectivity index (χ3v) is 4.06. The smallest absolute Gasteiger partial charge is 0.0897 e. The summed E-state index contributed by atoms with van der Waals surface area (Å²) in [6.45, 7) is 5.19. The van der Waals surface area contributed by atoms with Crippen LogP contribution in [0.3, 0.4) is 0 Å². The van der Waals surface area contributed by atoms with E-state index in [1.807, 2.05) is 24.3 Å². The van der Waals surface area contributed by atoms with Gasteiger partial charge in [0.25, 0.3) is 0 Å². The van der Waals surface area contributed by atoms with Crippen LogP contribution < -0.4 is 5.32 Å². The molecule has 1 aromatic rings. The first-order chi connectivity index (χ1) is 10.1. The van der Waals surface area contributed by atoms with E-state index < -0.39 is 6.10 Å². The normalized spacial score (nSPS) is 23.4. The number of rotatable bonds is 8. The van der Waals surface area contributed by atoms with Crippen LogP contribution in [-0.4, -0.2) is 43.6 Å². The number of hydrogen-bond donors (Lipinski definition) is 2. The highest BCUT2D eigenvalue weighted by atomic mass is 35.5. The van der Waals surface area contributed by atoms with Gasteiger partial charge in [0, 0.05) is 24.7 Å². The number of hydrogen-bond acceptors (Lipinski definition) is 4. The van der Waals surface area contributed by atoms with Crippen LogP contribution in [0.2, 0.25) is 5.02 Å². The molecule has 3 atom stereocenters. The summed E-state index contributed by atoms with van der Waals surface area (Å²) in [5, 5.41) is 13.9. The predicted molar refractivity (Wildman–Crippen MR) is 83.5 cm³/mol. The monoisotopic (exact) mass is 313 g/mol. The molecule has 1 fully saturated rings. The third kappa shape index (κ3) is 5.93. The highest BCUT2D eigenvalue weighted by Crippen LogP contribution is 2.19. The van der Waals surface area contributed by atoms with Gasteiger partial charge >= 0.3 is 0 Å². The van der Waals surface area contributed by atoms with Crippen molar-refractivity contribution in [2.75, 3.05) is 26.3 Å². The van der Waals surface area contributed by atoms with Crippen LogP contribution >= 0.6 is 11.6 Å². The van der Waals surface area contributed by atoms with Gasteiger partial charge in [-0.25, -0.2) is 0 Å². The summed E-state index contributed by atoms with van der Waals surface area (Å²) in [6.07, 6.45) is 0.919. The van der Waals surface area contributed by atoms with Crippen LogP contribution in [0.4, 0.5) is 0 Å². The van der Waals surface area contributed by atoms with E-state index >= 15 is 0 Å². The molecule has 1 aromatic carbocycles. The fraction of sp³-hybridized carbons (Fsp3) is 0.625. The van der Waals surface area contributed by atoms with Gasteiger partial charge in [-0.3, -0.25) is 0 Å². The Morgan fingerprint density at radius 3 is 2.86 bits per heavy atom. The molecule has 0 aliphatic carbocycles. The molecule has 1 heterocycles. The zero-order valence-corrected chi connectivity index (χ0v) is 13.2. The summed E-state index contributed by atoms with van der Waals surface area (Å²) in [5.41, 5.74) is 1.05. The van der Waals surface area contributed by atoms with E-state index in [1.165, 1.54) is 0 Å². The number of aliphatic hydroxyl groups excluding tert-OH is 1. The maximum atomic E-state index is 9.87. The van der Waals surface area contributed by atoms with E-state index in [0.717, 1.165) is 25.1 Å². The zero-order chi connectivity index (χ0) is 15.1. The Hall–Kier alpha value is -0.650. The Morgan fingerprint density at radius 2 is 2.19 bits per heavy atom. The molecule has 2 rings (SSSR count). The van der Waals surface area contributed by atoms with Crippen molar-refractivity contribution in [3.8, 4) is 0 Å². The first-order valence-electron chi connectivity index (χ1n) is 7.47. The van der Waals surface area contributed by atoms with E-state index in [-0.39, 0.29) is 0 Å². The second kappa shape index (κ2) is 8.71. The Labute approximate surface area is 131 Å². The number of nitrogens with one attached hydrogen (secondary N) is 1. The second-order valence-corrected chi connectivity index (χ2v) is 6.01. The fourth-order valence-corrected chi connectivity index (χ4v) is 2.56. The minimum atomic E-state index is -0.491. The molecule has 0 saturated carbocycles. The second-order valence-electron chi connectivity index (χ2n) is 5.58. The Bertz CT molecular complexity index is 412. The molecule has 0 amide bonds. The van der Waals surface area contributed by atoms with Crippen molar-refractivity contribution < 1.29 is 14.6 Å². The molecule has 0 spiro atoms. The maximum absolute atomic E-state index is 9.87. The van der Waals surface area contributed by atoms with E-state index in [2.05, 4.69) is 12.2 Å². The highest BCUT2D eigenvalue weighted by molar-refractivity contribution is 6.30. The van der Waals surface area contributed by atoms with Crippen molar-refractivity contribution in [1.29, 1.82) is 0 Å². The lowest BCUT2D eigenvalue weighted by atomic mass is 10.0. The average Bonchev–Trinajstić information content (AvgIpc) is 2.87. The zero-order valence-electron chi connectivity index (χ0n) is 12.4. The summed E-state index contributed by atoms with van der Waals surface area (Å²) in [6, 6.07) is 7.52. The lowest BCUT2D eigenvalue weighted by Crippen LogP contribution is -2.35. The van der Waals surface area contributed by atoms with E-state index in [4.69, 9.17) is 21.1 Å². The van der Waals surface area contributed by atoms with Gasteiger partial charge in [0.2, 0.25) is 0 Å². The van der Waals surface area contributed by atoms with Crippen LogP contribution in [-0.2, 0) is 16.1 Å². The topological polar surface area (TPSA) is 50.7 Å². The molecule has 1 aliphatic rings. The third-order valence-electron chi connectivity index (χ3n) is 3.81. The van der Waals surface area contributed by atoms with Gasteiger partial charge in [-0.05, 0) is 37.0 Å². The molecule has 0 radical (unpaired) electrons. The Balaban J connectivity index is 1.55. The van der Waals surface area contributed by atoms with Crippen LogP contribution in [0.1, 0.15) is 18.9 Å². The number of ether oxygens (including phenoxy) is 2. The largest absolute Gasteiger partial charge is 0.389 e. The quantitative estimate of drug-likeness (QED) is 0.773. The molecule has 5 heteroatoms. The van der Waals surface area contributed by atoms with Crippen LogP contribution in [0.5, 0.6) is 0 Å². The first-order valence-corrected chi connectivity index (χ1v) is 7.85. The van der Waals surface area contributed by atoms with Gasteiger partial charge in [-0.2, -0.15) is 0 Å².